The summed E-state index contributed by atoms with van der Waals surface area (Å²) in [6, 6.07) is 7.73. The summed E-state index contributed by atoms with van der Waals surface area (Å²) in [4.78, 5) is 251. The summed E-state index contributed by atoms with van der Waals surface area (Å²) < 4.78 is 0. The third-order valence-electron chi connectivity index (χ3n) is 18.6. The van der Waals surface area contributed by atoms with Crippen molar-refractivity contribution in [2.75, 3.05) is 17.3 Å². The number of aliphatic carboxylic acids is 4. The Morgan fingerprint density at radius 2 is 0.857 bits per heavy atom. The third-order valence-corrected chi connectivity index (χ3v) is 21.8. The number of urea groups is 1. The van der Waals surface area contributed by atoms with Crippen LogP contribution in [0.25, 0.3) is 10.8 Å². The Labute approximate surface area is 695 Å². The summed E-state index contributed by atoms with van der Waals surface area (Å²) in [5.41, 5.74) is 7.35. The van der Waals surface area contributed by atoms with Crippen molar-refractivity contribution in [1.82, 2.24) is 69.1 Å². The molecule has 15 amide bonds. The van der Waals surface area contributed by atoms with E-state index in [2.05, 4.69) is 63.8 Å². The number of phenolic OH excluding ortho intramolecular Hbond substituents is 1. The molecular formula is C79H96N14O23S3. The number of rotatable bonds is 17. The van der Waals surface area contributed by atoms with Crippen molar-refractivity contribution in [1.29, 1.82) is 0 Å². The van der Waals surface area contributed by atoms with E-state index in [1.807, 2.05) is 5.32 Å². The van der Waals surface area contributed by atoms with Gasteiger partial charge in [-0.15, -0.1) is 11.8 Å². The van der Waals surface area contributed by atoms with E-state index in [1.165, 1.54) is 71.0 Å². The molecule has 5 aromatic carbocycles. The number of phenols is 1. The SMILES string of the molecule is CC1NC(=O)CSCc2cc3cc(c2)CSCC(NC(=O)C(C)NC(=O)C(Cc2cccc4ccccc24)NC(=O)C(CCC(=O)O)NC(=O)NC1=O)C(=O)NC(CCC(=O)O)C(=O)NC(CC(=O)O)C(=O)NC(Cc1ccccc1)C(=O)NC(Cc1ccc(O)cc1)C(=O)NC(CC(=O)O)C(=O)NC(C(C)(C)C)C(=O)NC(C(N)=O)CSC3. The molecule has 12 atom stereocenters. The van der Waals surface area contributed by atoms with Crippen LogP contribution in [-0.2, 0) is 118 Å². The fraction of sp³-hybridized carbons (Fsp3) is 0.418. The van der Waals surface area contributed by atoms with Gasteiger partial charge < -0.3 is 95.1 Å². The molecule has 0 saturated heterocycles. The molecule has 37 nitrogen and oxygen atoms in total. The lowest BCUT2D eigenvalue weighted by Gasteiger charge is -2.33. The number of carbonyl (C=O) groups excluding carboxylic acids is 14. The standard InChI is InChI=1S/C79H96N14O23S3/c1-40-68(106)93-78(116)91-52(23-25-62(98)99)70(108)86-55(31-48-16-11-15-47-14-9-10-17-50(47)48)71(109)82-41(2)67(105)90-59-38-118-35-45-26-44(27-46(28-45)36-119-39-60(95)81-40)34-117-37-58(66(80)104)89-77(115)65(79(3,4)5)92-75(113)57(33-64(102)103)88-73(111)54(30-43-18-20-49(94)21-19-43)84-72(110)53(29-42-12-7-6-8-13-42)85-74(112)56(32-63(100)101)87-69(107)51(83-76(59)114)22-24-61(96)97/h6-21,26-28,40-41,51-59,65,94H,22-25,29-39H2,1-5H3,(H2,80,104)(H,81,95)(H,82,109)(H,83,114)(H,84,110)(H,85,112)(H,86,108)(H,87,107)(H,88,111)(H,89,115)(H,90,105)(H,92,113)(H,96,97)(H,98,99)(H,100,101)(H,102,103)(H2,91,93,106,116). The first-order valence-electron chi connectivity index (χ1n) is 37.5. The molecule has 0 aromatic heterocycles. The van der Waals surface area contributed by atoms with Gasteiger partial charge in [0.05, 0.1) is 18.6 Å². The van der Waals surface area contributed by atoms with E-state index in [-0.39, 0.29) is 46.5 Å². The highest BCUT2D eigenvalue weighted by Gasteiger charge is 2.41. The number of aromatic hydroxyl groups is 1. The number of nitrogens with one attached hydrogen (secondary N) is 13. The van der Waals surface area contributed by atoms with E-state index in [0.717, 1.165) is 35.3 Å². The minimum Gasteiger partial charge on any atom is -0.508 e. The first-order valence-corrected chi connectivity index (χ1v) is 41.0. The van der Waals surface area contributed by atoms with Crippen molar-refractivity contribution < 1.29 is 112 Å². The normalized spacial score (nSPS) is 23.6. The largest absolute Gasteiger partial charge is 0.508 e. The summed E-state index contributed by atoms with van der Waals surface area (Å²) >= 11 is 3.16. The molecule has 2 aliphatic heterocycles. The molecule has 0 fully saturated rings. The second-order valence-corrected chi connectivity index (χ2v) is 32.4. The predicted molar refractivity (Wildman–Crippen MR) is 434 cm³/mol. The van der Waals surface area contributed by atoms with Crippen LogP contribution in [0.5, 0.6) is 5.75 Å². The van der Waals surface area contributed by atoms with Gasteiger partial charge in [-0.1, -0.05) is 124 Å². The maximum absolute atomic E-state index is 15.1. The highest BCUT2D eigenvalue weighted by molar-refractivity contribution is 7.99. The zero-order chi connectivity index (χ0) is 87.4. The highest BCUT2D eigenvalue weighted by Crippen LogP contribution is 2.27. The van der Waals surface area contributed by atoms with E-state index in [9.17, 15) is 107 Å². The van der Waals surface area contributed by atoms with Crippen LogP contribution in [0.15, 0.2) is 115 Å². The minimum atomic E-state index is -2.18. The van der Waals surface area contributed by atoms with Gasteiger partial charge in [0.2, 0.25) is 76.8 Å². The van der Waals surface area contributed by atoms with Crippen LogP contribution in [0.4, 0.5) is 4.79 Å². The van der Waals surface area contributed by atoms with Crippen molar-refractivity contribution >= 4 is 153 Å². The number of carboxylic acid groups (broad SMARTS) is 4. The summed E-state index contributed by atoms with van der Waals surface area (Å²) in [5, 5.41) is 83.2. The number of hydrogen-bond donors (Lipinski definition) is 19. The maximum Gasteiger partial charge on any atom is 0.322 e. The van der Waals surface area contributed by atoms with Gasteiger partial charge in [0.15, 0.2) is 0 Å². The Hall–Kier alpha value is -12.3. The summed E-state index contributed by atoms with van der Waals surface area (Å²) in [6.45, 7) is 7.03. The fourth-order valence-electron chi connectivity index (χ4n) is 12.4. The molecule has 0 saturated carbocycles. The molecule has 40 heteroatoms. The van der Waals surface area contributed by atoms with Gasteiger partial charge >= 0.3 is 29.9 Å². The maximum atomic E-state index is 15.1. The van der Waals surface area contributed by atoms with E-state index < -0.39 is 242 Å². The lowest BCUT2D eigenvalue weighted by molar-refractivity contribution is -0.142. The van der Waals surface area contributed by atoms with Gasteiger partial charge in [0, 0.05) is 60.9 Å². The average Bonchev–Trinajstić information content (AvgIpc) is 0.826. The van der Waals surface area contributed by atoms with Gasteiger partial charge in [0.25, 0.3) is 0 Å². The zero-order valence-electron chi connectivity index (χ0n) is 65.4. The number of imide groups is 1. The lowest BCUT2D eigenvalue weighted by Crippen LogP contribution is -2.62. The van der Waals surface area contributed by atoms with Crippen molar-refractivity contribution in [2.24, 2.45) is 11.1 Å². The van der Waals surface area contributed by atoms with Crippen LogP contribution in [0.2, 0.25) is 0 Å². The van der Waals surface area contributed by atoms with Crippen LogP contribution < -0.4 is 74.9 Å². The second kappa shape index (κ2) is 44.8. The lowest BCUT2D eigenvalue weighted by atomic mass is 9.85. The molecule has 2 aliphatic rings. The van der Waals surface area contributed by atoms with Crippen LogP contribution in [0.3, 0.4) is 0 Å². The van der Waals surface area contributed by atoms with Crippen LogP contribution in [-0.4, -0.2) is 222 Å². The van der Waals surface area contributed by atoms with Crippen LogP contribution in [0.1, 0.15) is 107 Å². The number of primary amides is 1. The highest BCUT2D eigenvalue weighted by atomic mass is 32.2. The van der Waals surface area contributed by atoms with Gasteiger partial charge in [-0.05, 0) is 88.4 Å². The van der Waals surface area contributed by atoms with E-state index in [1.54, 1.807) is 78.9 Å². The van der Waals surface area contributed by atoms with E-state index in [4.69, 9.17) is 5.73 Å². The average molecular weight is 1710 g/mol. The van der Waals surface area contributed by atoms with Crippen LogP contribution >= 0.6 is 35.3 Å². The van der Waals surface area contributed by atoms with Crippen molar-refractivity contribution in [3.63, 3.8) is 0 Å². The van der Waals surface area contributed by atoms with Crippen molar-refractivity contribution in [3.05, 3.63) is 149 Å². The van der Waals surface area contributed by atoms with Gasteiger partial charge in [-0.3, -0.25) is 86.8 Å². The molecular weight excluding hydrogens is 1610 g/mol. The molecule has 12 unspecified atom stereocenters. The van der Waals surface area contributed by atoms with Gasteiger partial charge in [0.1, 0.15) is 78.3 Å². The molecule has 0 spiro atoms. The molecule has 2 heterocycles. The first kappa shape index (κ1) is 93.8. The van der Waals surface area contributed by atoms with Crippen molar-refractivity contribution in [3.8, 4) is 5.75 Å². The number of benzene rings is 5. The van der Waals surface area contributed by atoms with Crippen molar-refractivity contribution in [2.45, 2.75) is 182 Å². The second-order valence-electron chi connectivity index (χ2n) is 29.4. The topological polar surface area (TPSA) is 591 Å². The first-order chi connectivity index (χ1) is 56.3. The molecule has 0 aliphatic carbocycles. The Bertz CT molecular complexity index is 4610. The van der Waals surface area contributed by atoms with E-state index >= 15 is 4.79 Å². The minimum absolute atomic E-state index is 0.0278. The predicted octanol–water partition coefficient (Wildman–Crippen LogP) is -0.222. The number of thioether (sulfide) groups is 3. The smallest absolute Gasteiger partial charge is 0.322 e. The fourth-order valence-corrected chi connectivity index (χ4v) is 15.2. The Morgan fingerprint density at radius 3 is 1.39 bits per heavy atom. The van der Waals surface area contributed by atoms with Crippen LogP contribution in [0, 0.1) is 5.41 Å². The quantitative estimate of drug-likeness (QED) is 0.0572. The molecule has 4 bridgehead atoms. The number of carbonyl (C=O) groups is 18. The Morgan fingerprint density at radius 1 is 0.412 bits per heavy atom. The molecule has 0 radical (unpaired) electrons. The summed E-state index contributed by atoms with van der Waals surface area (Å²) in [6.07, 6.45) is -6.59. The summed E-state index contributed by atoms with van der Waals surface area (Å²) in [5.74, 6) is -22.0. The Kier molecular flexibility index (Phi) is 35.4. The molecule has 119 heavy (non-hydrogen) atoms. The monoisotopic (exact) mass is 1700 g/mol. The van der Waals surface area contributed by atoms with E-state index in [0.29, 0.717) is 38.6 Å². The molecule has 638 valence electrons. The molecule has 7 rings (SSSR count). The van der Waals surface area contributed by atoms with Gasteiger partial charge in [-0.25, -0.2) is 4.79 Å². The number of carboxylic acids is 4. The molecule has 5 aromatic rings. The molecule has 20 N–H and O–H groups in total. The number of fused-ring (bicyclic) bond motifs is 6. The summed E-state index contributed by atoms with van der Waals surface area (Å²) in [7, 11) is 0. The Balaban J connectivity index is 1.34. The third kappa shape index (κ3) is 30.6. The number of nitrogens with two attached hydrogens (primary N) is 1. The zero-order valence-corrected chi connectivity index (χ0v) is 67.8. The van der Waals surface area contributed by atoms with Gasteiger partial charge in [-0.2, -0.15) is 23.5 Å². The number of amides is 15. The number of hydrogen-bond acceptors (Lipinski definition) is 22.